The van der Waals surface area contributed by atoms with Gasteiger partial charge < -0.3 is 93.5 Å². The normalized spacial score (nSPS) is 16.8. The number of fused-ring (bicyclic) bond motifs is 4. The number of nitrogens with zero attached hydrogens (tertiary/aromatic N) is 7. The maximum absolute atomic E-state index is 14.8. The molecule has 8 aliphatic rings. The van der Waals surface area contributed by atoms with E-state index in [0.717, 1.165) is 214 Å². The SMILES string of the molecule is CCOC(=O)c1c(CCCNCCN2CCCC2)[nH]c(C(=O)OC(C)(C)C)c1C.CCOC(=O)c1c(CCCOS(C)(=O)=O)[nH]c(C(=O)OC(C)(C)C)c1C.Cc1c(/C=C2\C(=O)Nc3cccc(-c4cccc(F)c4F)c32)[nH]c2c1C(=O)N(CCN1CCCC1)CCC2.Cc1c(C(=O)OC(C)(C)C)[nH]c2c1C(=O)N(CCN1CCCC1)CCC2.Cc1c(C=O)[nH]c2c1C(=O)N(CCN1CCCC1)CCC2. The van der Waals surface area contributed by atoms with Gasteiger partial charge in [-0.3, -0.25) is 28.2 Å². The van der Waals surface area contributed by atoms with Gasteiger partial charge in [0.25, 0.3) is 33.7 Å². The Morgan fingerprint density at radius 1 is 0.443 bits per heavy atom. The Bertz CT molecular complexity index is 5700. The molecule has 4 fully saturated rings. The molecule has 15 rings (SSSR count). The number of hydrogen-bond acceptors (Lipinski definition) is 23. The predicted molar refractivity (Wildman–Crippen MR) is 534 cm³/mol. The van der Waals surface area contributed by atoms with Crippen molar-refractivity contribution in [2.75, 3.05) is 162 Å². The van der Waals surface area contributed by atoms with Crippen molar-refractivity contribution >= 4 is 87.2 Å². The first-order chi connectivity index (χ1) is 66.5. The van der Waals surface area contributed by atoms with E-state index in [1.807, 2.05) is 77.0 Å². The Hall–Kier alpha value is -10.9. The number of esters is 5. The molecule has 0 saturated carbocycles. The molecule has 7 aromatic rings. The van der Waals surface area contributed by atoms with E-state index < -0.39 is 62.4 Å². The predicted octanol–water partition coefficient (Wildman–Crippen LogP) is 15.1. The molecule has 140 heavy (non-hydrogen) atoms. The summed E-state index contributed by atoms with van der Waals surface area (Å²) < 4.78 is 82.1. The van der Waals surface area contributed by atoms with Crippen molar-refractivity contribution in [3.63, 3.8) is 0 Å². The molecule has 766 valence electrons. The number of likely N-dealkylation sites (tertiary alicyclic amines) is 4. The highest BCUT2D eigenvalue weighted by molar-refractivity contribution is 7.86. The number of aromatic amines is 5. The van der Waals surface area contributed by atoms with Gasteiger partial charge in [-0.05, 0) is 337 Å². The standard InChI is InChI=1S/C30H30F2N4O2.C22H37N3O4.C20H31N3O3.C17H27NO7S.C16H23N3O2/c1-18-25(33-23-11-6-14-36(30(38)26(18)23)16-15-35-12-2-3-13-35)17-21-27-19(7-5-10-24(27)34-29(21)37)20-8-4-9-22(31)28(20)32;1-6-28-20(26)18-16(2)19(21(27)29-22(3,4)5)24-17(18)10-9-11-23-12-15-25-13-7-8-14-25;1-14-16-15(21-17(14)19(25)26-20(2,3)4)8-7-11-23(18(16)24)13-12-22-9-5-6-10-22;1-7-23-15(19)13-11(2)14(16(20)25-17(3,4)5)18-12(13)9-8-10-24-26(6,21)22;1-12-14(11-20)17-13-5-4-8-19(16(21)15(12)13)10-9-18-6-2-3-7-18/h4-5,7-10,17,33H,2-3,6,11-16H2,1H3,(H,34,37);23-24H,6-15H2,1-5H3;21H,5-13H2,1-4H3;18H,7-10H2,1-6H3;11,17H,2-10H2,1H3/b21-17-;;;;. The second-order valence-electron chi connectivity index (χ2n) is 40.2. The van der Waals surface area contributed by atoms with Crippen LogP contribution in [0.3, 0.4) is 0 Å². The van der Waals surface area contributed by atoms with Crippen LogP contribution >= 0.6 is 0 Å². The Balaban J connectivity index is 0.000000170. The van der Waals surface area contributed by atoms with Crippen LogP contribution in [0.2, 0.25) is 0 Å². The van der Waals surface area contributed by atoms with Gasteiger partial charge in [0.1, 0.15) is 33.9 Å². The molecule has 2 aromatic carbocycles. The molecule has 0 bridgehead atoms. The number of aromatic nitrogens is 5. The van der Waals surface area contributed by atoms with Crippen LogP contribution in [-0.2, 0) is 74.9 Å². The number of carbonyl (C=O) groups is 10. The molecule has 32 nitrogen and oxygen atoms in total. The Kier molecular flexibility index (Phi) is 38.8. The van der Waals surface area contributed by atoms with Crippen molar-refractivity contribution < 1.29 is 93.0 Å². The van der Waals surface area contributed by atoms with Crippen molar-refractivity contribution in [2.24, 2.45) is 0 Å². The van der Waals surface area contributed by atoms with Crippen LogP contribution in [0.25, 0.3) is 22.8 Å². The van der Waals surface area contributed by atoms with Gasteiger partial charge in [0.15, 0.2) is 17.9 Å². The Labute approximate surface area is 823 Å². The molecule has 0 radical (unpaired) electrons. The summed E-state index contributed by atoms with van der Waals surface area (Å²) in [5.41, 5.74) is 12.3. The number of benzene rings is 2. The number of halogens is 2. The molecular formula is C105H148F2N14O18S. The van der Waals surface area contributed by atoms with Crippen LogP contribution in [0.5, 0.6) is 0 Å². The fraction of sp³-hybridized carbons (Fsp3) is 0.581. The summed E-state index contributed by atoms with van der Waals surface area (Å²) >= 11 is 0. The first kappa shape index (κ1) is 109. The number of aryl methyl sites for hydroxylation is 5. The summed E-state index contributed by atoms with van der Waals surface area (Å²) in [6, 6.07) is 9.17. The second-order valence-corrected chi connectivity index (χ2v) is 41.9. The number of anilines is 1. The average Bonchev–Trinajstić information content (AvgIpc) is 1.59. The first-order valence-electron chi connectivity index (χ1n) is 50.0. The Morgan fingerprint density at radius 3 is 1.25 bits per heavy atom. The molecule has 0 unspecified atom stereocenters. The Morgan fingerprint density at radius 2 is 0.829 bits per heavy atom. The van der Waals surface area contributed by atoms with Gasteiger partial charge in [-0.1, -0.05) is 24.3 Å². The van der Waals surface area contributed by atoms with Gasteiger partial charge in [0.05, 0.1) is 65.2 Å². The van der Waals surface area contributed by atoms with Crippen LogP contribution < -0.4 is 10.6 Å². The van der Waals surface area contributed by atoms with E-state index in [0.29, 0.717) is 117 Å². The van der Waals surface area contributed by atoms with Crippen LogP contribution in [0, 0.1) is 46.3 Å². The third kappa shape index (κ3) is 29.4. The van der Waals surface area contributed by atoms with Gasteiger partial charge in [-0.25, -0.2) is 32.8 Å². The second kappa shape index (κ2) is 49.6. The molecule has 13 heterocycles. The van der Waals surface area contributed by atoms with Crippen molar-refractivity contribution in [1.82, 2.24) is 64.5 Å². The zero-order chi connectivity index (χ0) is 102. The third-order valence-electron chi connectivity index (χ3n) is 26.1. The lowest BCUT2D eigenvalue weighted by Gasteiger charge is -2.24. The summed E-state index contributed by atoms with van der Waals surface area (Å²) in [4.78, 5) is 157. The number of rotatable bonds is 31. The molecule has 0 atom stereocenters. The minimum Gasteiger partial charge on any atom is -0.462 e. The van der Waals surface area contributed by atoms with Crippen molar-refractivity contribution in [1.29, 1.82) is 0 Å². The van der Waals surface area contributed by atoms with E-state index in [9.17, 15) is 65.1 Å². The molecule has 0 aliphatic carbocycles. The molecule has 0 spiro atoms. The monoisotopic (exact) mass is 1960 g/mol. The number of H-pyrrole nitrogens is 5. The van der Waals surface area contributed by atoms with Gasteiger partial charge in [0.2, 0.25) is 0 Å². The highest BCUT2D eigenvalue weighted by Gasteiger charge is 2.38. The van der Waals surface area contributed by atoms with Gasteiger partial charge in [-0.2, -0.15) is 8.42 Å². The van der Waals surface area contributed by atoms with E-state index >= 15 is 0 Å². The van der Waals surface area contributed by atoms with Crippen LogP contribution in [0.1, 0.15) is 321 Å². The molecule has 8 aliphatic heterocycles. The lowest BCUT2D eigenvalue weighted by Crippen LogP contribution is -2.38. The lowest BCUT2D eigenvalue weighted by atomic mass is 9.93. The smallest absolute Gasteiger partial charge is 0.355 e. The summed E-state index contributed by atoms with van der Waals surface area (Å²) in [6.45, 7) is 48.6. The number of hydrogen-bond donors (Lipinski definition) is 7. The average molecular weight is 1960 g/mol. The van der Waals surface area contributed by atoms with E-state index in [2.05, 4.69) is 55.2 Å². The molecule has 35 heteroatoms. The number of ether oxygens (including phenoxy) is 5. The highest BCUT2D eigenvalue weighted by Crippen LogP contribution is 2.43. The van der Waals surface area contributed by atoms with Gasteiger partial charge in [0, 0.05) is 123 Å². The van der Waals surface area contributed by atoms with Gasteiger partial charge >= 0.3 is 29.8 Å². The summed E-state index contributed by atoms with van der Waals surface area (Å²) in [5.74, 6) is -4.43. The summed E-state index contributed by atoms with van der Waals surface area (Å²) in [7, 11) is -3.53. The quantitative estimate of drug-likeness (QED) is 0.00530. The fourth-order valence-electron chi connectivity index (χ4n) is 19.2. The zero-order valence-electron chi connectivity index (χ0n) is 85.3. The van der Waals surface area contributed by atoms with Gasteiger partial charge in [-0.15, -0.1) is 0 Å². The minimum absolute atomic E-state index is 0.0221. The zero-order valence-corrected chi connectivity index (χ0v) is 86.1. The number of amides is 4. The molecule has 5 aromatic heterocycles. The van der Waals surface area contributed by atoms with Crippen LogP contribution in [0.15, 0.2) is 36.4 Å². The van der Waals surface area contributed by atoms with Crippen LogP contribution in [-0.4, -0.2) is 301 Å². The van der Waals surface area contributed by atoms with E-state index in [1.165, 1.54) is 76.6 Å². The van der Waals surface area contributed by atoms with E-state index in [1.54, 1.807) is 72.7 Å². The van der Waals surface area contributed by atoms with Crippen molar-refractivity contribution in [2.45, 2.75) is 243 Å². The summed E-state index contributed by atoms with van der Waals surface area (Å²) in [5, 5.41) is 6.31. The van der Waals surface area contributed by atoms with Crippen molar-refractivity contribution in [3.05, 3.63) is 166 Å². The fourth-order valence-corrected chi connectivity index (χ4v) is 19.6. The molecular weight excluding hydrogens is 1820 g/mol. The maximum Gasteiger partial charge on any atom is 0.355 e. The van der Waals surface area contributed by atoms with Crippen LogP contribution in [0.4, 0.5) is 14.5 Å². The maximum atomic E-state index is 14.8. The lowest BCUT2D eigenvalue weighted by molar-refractivity contribution is -0.110. The summed E-state index contributed by atoms with van der Waals surface area (Å²) in [6.07, 6.45) is 20.9. The highest BCUT2D eigenvalue weighted by atomic mass is 32.2. The third-order valence-corrected chi connectivity index (χ3v) is 26.7. The van der Waals surface area contributed by atoms with E-state index in [4.69, 9.17) is 27.9 Å². The minimum atomic E-state index is -3.53. The number of aldehydes is 1. The molecule has 7 N–H and O–H groups in total. The van der Waals surface area contributed by atoms with Crippen molar-refractivity contribution in [3.8, 4) is 11.1 Å². The number of nitrogens with one attached hydrogen (secondary N) is 7. The topological polar surface area (TPSA) is 386 Å². The number of carbonyl (C=O) groups excluding carboxylic acids is 10. The van der Waals surface area contributed by atoms with E-state index in [-0.39, 0.29) is 59.6 Å². The first-order valence-corrected chi connectivity index (χ1v) is 51.8. The molecule has 4 saturated heterocycles. The molecule has 4 amide bonds. The largest absolute Gasteiger partial charge is 0.462 e.